The van der Waals surface area contributed by atoms with E-state index in [0.717, 1.165) is 11.1 Å². The molecule has 0 bridgehead atoms. The smallest absolute Gasteiger partial charge is 0.266 e. The molecule has 1 amide bonds. The molecule has 0 radical (unpaired) electrons. The van der Waals surface area contributed by atoms with E-state index in [2.05, 4.69) is 27.3 Å². The quantitative estimate of drug-likeness (QED) is 0.231. The van der Waals surface area contributed by atoms with Gasteiger partial charge in [-0.25, -0.2) is 0 Å². The average molecular weight is 535 g/mol. The second-order valence-corrected chi connectivity index (χ2v) is 8.48. The number of aryl methyl sites for hydroxylation is 1. The number of anilines is 1. The number of nitrogens with one attached hydrogen (secondary N) is 1. The predicted molar refractivity (Wildman–Crippen MR) is 141 cm³/mol. The van der Waals surface area contributed by atoms with Crippen LogP contribution in [0.15, 0.2) is 70.7 Å². The molecule has 0 heterocycles. The summed E-state index contributed by atoms with van der Waals surface area (Å²) in [6.45, 7) is 7.18. The van der Waals surface area contributed by atoms with Crippen LogP contribution < -0.4 is 19.5 Å². The number of carbonyl (C=O) groups is 1. The van der Waals surface area contributed by atoms with E-state index >= 15 is 0 Å². The van der Waals surface area contributed by atoms with E-state index in [-0.39, 0.29) is 5.57 Å². The first-order chi connectivity index (χ1) is 16.9. The van der Waals surface area contributed by atoms with Crippen molar-refractivity contribution in [2.24, 2.45) is 0 Å². The number of benzene rings is 3. The minimum atomic E-state index is -0.509. The molecular weight excluding hydrogens is 508 g/mol. The van der Waals surface area contributed by atoms with Crippen LogP contribution in [0.2, 0.25) is 0 Å². The highest BCUT2D eigenvalue weighted by molar-refractivity contribution is 9.10. The molecule has 0 saturated carbocycles. The summed E-state index contributed by atoms with van der Waals surface area (Å²) in [6, 6.07) is 20.6. The van der Waals surface area contributed by atoms with Crippen molar-refractivity contribution in [1.82, 2.24) is 0 Å². The van der Waals surface area contributed by atoms with Crippen molar-refractivity contribution < 1.29 is 19.0 Å². The van der Waals surface area contributed by atoms with E-state index in [9.17, 15) is 10.1 Å². The predicted octanol–water partition coefficient (Wildman–Crippen LogP) is 6.68. The van der Waals surface area contributed by atoms with Crippen molar-refractivity contribution in [1.29, 1.82) is 5.26 Å². The zero-order valence-corrected chi connectivity index (χ0v) is 21.5. The lowest BCUT2D eigenvalue weighted by atomic mass is 10.1. The first-order valence-corrected chi connectivity index (χ1v) is 12.0. The summed E-state index contributed by atoms with van der Waals surface area (Å²) in [5, 5.41) is 12.4. The second-order valence-electron chi connectivity index (χ2n) is 7.62. The van der Waals surface area contributed by atoms with Gasteiger partial charge < -0.3 is 19.5 Å². The van der Waals surface area contributed by atoms with Crippen molar-refractivity contribution in [2.75, 3.05) is 18.5 Å². The zero-order chi connectivity index (χ0) is 25.2. The molecule has 0 aliphatic carbocycles. The zero-order valence-electron chi connectivity index (χ0n) is 19.9. The summed E-state index contributed by atoms with van der Waals surface area (Å²) < 4.78 is 17.9. The summed E-state index contributed by atoms with van der Waals surface area (Å²) in [5.74, 6) is 1.28. The minimum absolute atomic E-state index is 0.0401. The lowest BCUT2D eigenvalue weighted by Gasteiger charge is -2.15. The Bertz CT molecular complexity index is 1250. The highest BCUT2D eigenvalue weighted by Gasteiger charge is 2.15. The van der Waals surface area contributed by atoms with Gasteiger partial charge in [0, 0.05) is 5.69 Å². The first-order valence-electron chi connectivity index (χ1n) is 11.2. The normalized spacial score (nSPS) is 10.9. The van der Waals surface area contributed by atoms with E-state index in [0.29, 0.717) is 52.8 Å². The van der Waals surface area contributed by atoms with E-state index < -0.39 is 5.91 Å². The molecule has 35 heavy (non-hydrogen) atoms. The number of nitrogens with zero attached hydrogens (tertiary/aromatic N) is 1. The number of hydrogen-bond donors (Lipinski definition) is 1. The summed E-state index contributed by atoms with van der Waals surface area (Å²) in [7, 11) is 0. The van der Waals surface area contributed by atoms with Crippen molar-refractivity contribution in [3.63, 3.8) is 0 Å². The molecule has 0 aliphatic heterocycles. The fourth-order valence-electron chi connectivity index (χ4n) is 3.35. The molecule has 0 unspecified atom stereocenters. The molecule has 3 rings (SSSR count). The van der Waals surface area contributed by atoms with Gasteiger partial charge in [0.05, 0.1) is 17.7 Å². The lowest BCUT2D eigenvalue weighted by molar-refractivity contribution is -0.112. The maximum atomic E-state index is 12.7. The average Bonchev–Trinajstić information content (AvgIpc) is 2.83. The van der Waals surface area contributed by atoms with E-state index in [1.165, 1.54) is 6.08 Å². The lowest BCUT2D eigenvalue weighted by Crippen LogP contribution is -2.13. The van der Waals surface area contributed by atoms with Crippen LogP contribution in [0, 0.1) is 18.3 Å². The van der Waals surface area contributed by atoms with Gasteiger partial charge in [-0.05, 0) is 90.3 Å². The fourth-order valence-corrected chi connectivity index (χ4v) is 3.92. The largest absolute Gasteiger partial charge is 0.494 e. The van der Waals surface area contributed by atoms with Crippen LogP contribution in [-0.2, 0) is 11.4 Å². The van der Waals surface area contributed by atoms with Gasteiger partial charge in [0.15, 0.2) is 11.5 Å². The van der Waals surface area contributed by atoms with Gasteiger partial charge in [-0.15, -0.1) is 0 Å². The first kappa shape index (κ1) is 25.9. The Morgan fingerprint density at radius 3 is 2.43 bits per heavy atom. The molecule has 0 spiro atoms. The Kier molecular flexibility index (Phi) is 9.33. The van der Waals surface area contributed by atoms with Crippen molar-refractivity contribution in [2.45, 2.75) is 27.4 Å². The Morgan fingerprint density at radius 1 is 1.03 bits per heavy atom. The van der Waals surface area contributed by atoms with Crippen molar-refractivity contribution in [3.8, 4) is 23.3 Å². The molecule has 0 aliphatic rings. The molecule has 180 valence electrons. The summed E-state index contributed by atoms with van der Waals surface area (Å²) in [6.07, 6.45) is 1.52. The molecule has 3 aromatic carbocycles. The molecule has 0 aromatic heterocycles. The second kappa shape index (κ2) is 12.6. The Hall–Kier alpha value is -3.76. The molecule has 0 atom stereocenters. The number of carbonyl (C=O) groups excluding carboxylic acids is 1. The Balaban J connectivity index is 1.80. The number of rotatable bonds is 10. The van der Waals surface area contributed by atoms with E-state index in [4.69, 9.17) is 14.2 Å². The topological polar surface area (TPSA) is 80.6 Å². The molecular formula is C28H27BrN2O4. The number of halogens is 1. The van der Waals surface area contributed by atoms with Gasteiger partial charge in [0.2, 0.25) is 0 Å². The van der Waals surface area contributed by atoms with Crippen molar-refractivity contribution >= 4 is 33.6 Å². The van der Waals surface area contributed by atoms with E-state index in [1.54, 1.807) is 36.4 Å². The molecule has 0 fully saturated rings. The van der Waals surface area contributed by atoms with Crippen LogP contribution in [0.1, 0.15) is 30.5 Å². The Labute approximate surface area is 214 Å². The minimum Gasteiger partial charge on any atom is -0.494 e. The third-order valence-corrected chi connectivity index (χ3v) is 5.49. The monoisotopic (exact) mass is 534 g/mol. The summed E-state index contributed by atoms with van der Waals surface area (Å²) in [4.78, 5) is 12.7. The van der Waals surface area contributed by atoms with Crippen LogP contribution in [0.4, 0.5) is 5.69 Å². The van der Waals surface area contributed by atoms with Crippen molar-refractivity contribution in [3.05, 3.63) is 87.4 Å². The van der Waals surface area contributed by atoms with Crippen LogP contribution in [-0.4, -0.2) is 19.1 Å². The third-order valence-electron chi connectivity index (χ3n) is 4.90. The number of amides is 1. The van der Waals surface area contributed by atoms with Gasteiger partial charge in [-0.3, -0.25) is 4.79 Å². The van der Waals surface area contributed by atoms with Crippen LogP contribution in [0.5, 0.6) is 17.2 Å². The number of nitriles is 1. The number of hydrogen-bond acceptors (Lipinski definition) is 5. The highest BCUT2D eigenvalue weighted by atomic mass is 79.9. The van der Waals surface area contributed by atoms with Crippen LogP contribution in [0.25, 0.3) is 6.08 Å². The molecule has 3 aromatic rings. The van der Waals surface area contributed by atoms with Gasteiger partial charge in [-0.1, -0.05) is 29.8 Å². The van der Waals surface area contributed by atoms with E-state index in [1.807, 2.05) is 45.0 Å². The van der Waals surface area contributed by atoms with Crippen LogP contribution >= 0.6 is 15.9 Å². The maximum Gasteiger partial charge on any atom is 0.266 e. The van der Waals surface area contributed by atoms with Crippen LogP contribution in [0.3, 0.4) is 0 Å². The number of ether oxygens (including phenoxy) is 3. The molecule has 7 heteroatoms. The molecule has 6 nitrogen and oxygen atoms in total. The standard InChI is InChI=1S/C28H27BrN2O4/c1-4-33-24-11-9-23(10-12-24)31-28(32)22(17-30)14-21-15-25(29)27(26(16-21)34-5-2)35-18-20-8-6-7-19(3)13-20/h6-16H,4-5,18H2,1-3H3,(H,31,32)/b22-14+. The van der Waals surface area contributed by atoms with Gasteiger partial charge >= 0.3 is 0 Å². The molecule has 1 N–H and O–H groups in total. The van der Waals surface area contributed by atoms with Gasteiger partial charge in [0.1, 0.15) is 24.0 Å². The molecule has 0 saturated heterocycles. The summed E-state index contributed by atoms with van der Waals surface area (Å²) in [5.41, 5.74) is 3.35. The summed E-state index contributed by atoms with van der Waals surface area (Å²) >= 11 is 3.55. The highest BCUT2D eigenvalue weighted by Crippen LogP contribution is 2.38. The Morgan fingerprint density at radius 2 is 1.77 bits per heavy atom. The van der Waals surface area contributed by atoms with Gasteiger partial charge in [-0.2, -0.15) is 5.26 Å². The van der Waals surface area contributed by atoms with Gasteiger partial charge in [0.25, 0.3) is 5.91 Å². The fraction of sp³-hybridized carbons (Fsp3) is 0.214. The SMILES string of the molecule is CCOc1ccc(NC(=O)/C(C#N)=C/c2cc(Br)c(OCc3cccc(C)c3)c(OCC)c2)cc1. The third kappa shape index (κ3) is 7.36. The maximum absolute atomic E-state index is 12.7.